The van der Waals surface area contributed by atoms with Crippen molar-refractivity contribution in [2.45, 2.75) is 32.9 Å². The third-order valence-corrected chi connectivity index (χ3v) is 5.12. The molecule has 1 aromatic carbocycles. The first-order valence-corrected chi connectivity index (χ1v) is 10.1. The standard InChI is InChI=1S/C21H25ClN6O2/c1-4-15-6-5-7-19(28-21(29)27(3)25-26-28)17(15)13-30-20(23)10-11-24-18-9-8-16(22)12-14(18)2/h5-12,14,18H,4,13,23H2,1-3H3. The van der Waals surface area contributed by atoms with Gasteiger partial charge in [0.15, 0.2) is 5.88 Å². The summed E-state index contributed by atoms with van der Waals surface area (Å²) in [6.45, 7) is 4.28. The highest BCUT2D eigenvalue weighted by Gasteiger charge is 2.15. The van der Waals surface area contributed by atoms with E-state index in [2.05, 4.69) is 22.3 Å². The van der Waals surface area contributed by atoms with Crippen LogP contribution in [0.3, 0.4) is 0 Å². The number of nitrogens with two attached hydrogens (primary N) is 1. The molecule has 1 aliphatic rings. The van der Waals surface area contributed by atoms with E-state index in [1.165, 1.54) is 9.36 Å². The number of halogens is 1. The predicted molar refractivity (Wildman–Crippen MR) is 118 cm³/mol. The lowest BCUT2D eigenvalue weighted by Gasteiger charge is -2.17. The number of allylic oxidation sites excluding steroid dienone is 3. The summed E-state index contributed by atoms with van der Waals surface area (Å²) in [5, 5.41) is 8.44. The lowest BCUT2D eigenvalue weighted by Crippen LogP contribution is -2.23. The summed E-state index contributed by atoms with van der Waals surface area (Å²) in [5.41, 5.74) is 8.17. The molecule has 0 amide bonds. The van der Waals surface area contributed by atoms with E-state index in [4.69, 9.17) is 22.1 Å². The molecule has 0 spiro atoms. The van der Waals surface area contributed by atoms with Gasteiger partial charge < -0.3 is 10.5 Å². The number of hydrogen-bond donors (Lipinski definition) is 1. The summed E-state index contributed by atoms with van der Waals surface area (Å²) < 4.78 is 8.18. The molecule has 0 aliphatic heterocycles. The largest absolute Gasteiger partial charge is 0.474 e. The van der Waals surface area contributed by atoms with Crippen LogP contribution < -0.4 is 11.4 Å². The number of rotatable bonds is 7. The van der Waals surface area contributed by atoms with E-state index in [1.54, 1.807) is 19.3 Å². The van der Waals surface area contributed by atoms with Gasteiger partial charge >= 0.3 is 5.69 Å². The van der Waals surface area contributed by atoms with Gasteiger partial charge in [-0.15, -0.1) is 0 Å². The van der Waals surface area contributed by atoms with Crippen LogP contribution in [0.15, 0.2) is 63.2 Å². The van der Waals surface area contributed by atoms with Gasteiger partial charge in [0.05, 0.1) is 11.7 Å². The van der Waals surface area contributed by atoms with Crippen LogP contribution in [-0.2, 0) is 24.8 Å². The van der Waals surface area contributed by atoms with Crippen molar-refractivity contribution in [2.24, 2.45) is 23.7 Å². The van der Waals surface area contributed by atoms with Crippen molar-refractivity contribution >= 4 is 17.8 Å². The second-order valence-corrected chi connectivity index (χ2v) is 7.42. The zero-order valence-electron chi connectivity index (χ0n) is 17.2. The van der Waals surface area contributed by atoms with E-state index in [0.29, 0.717) is 5.69 Å². The molecule has 1 heterocycles. The van der Waals surface area contributed by atoms with Gasteiger partial charge in [0, 0.05) is 35.9 Å². The number of benzene rings is 1. The molecule has 8 nitrogen and oxygen atoms in total. The second-order valence-electron chi connectivity index (χ2n) is 6.98. The van der Waals surface area contributed by atoms with Crippen molar-refractivity contribution in [3.63, 3.8) is 0 Å². The molecule has 2 atom stereocenters. The Hall–Kier alpha value is -3.13. The van der Waals surface area contributed by atoms with Crippen LogP contribution >= 0.6 is 11.6 Å². The summed E-state index contributed by atoms with van der Waals surface area (Å²) in [5.74, 6) is 0.432. The molecule has 2 N–H and O–H groups in total. The highest BCUT2D eigenvalue weighted by molar-refractivity contribution is 6.31. The van der Waals surface area contributed by atoms with Crippen LogP contribution in [0.4, 0.5) is 0 Å². The van der Waals surface area contributed by atoms with Crippen LogP contribution in [-0.4, -0.2) is 32.0 Å². The van der Waals surface area contributed by atoms with Crippen LogP contribution in [0.25, 0.3) is 5.69 Å². The van der Waals surface area contributed by atoms with E-state index < -0.39 is 0 Å². The van der Waals surface area contributed by atoms with Crippen LogP contribution in [0.2, 0.25) is 0 Å². The van der Waals surface area contributed by atoms with Gasteiger partial charge in [-0.1, -0.05) is 49.7 Å². The normalized spacial score (nSPS) is 19.3. The van der Waals surface area contributed by atoms with Gasteiger partial charge in [-0.25, -0.2) is 4.79 Å². The van der Waals surface area contributed by atoms with Crippen molar-refractivity contribution in [3.8, 4) is 5.69 Å². The first-order valence-electron chi connectivity index (χ1n) is 9.68. The molecule has 158 valence electrons. The van der Waals surface area contributed by atoms with E-state index >= 15 is 0 Å². The van der Waals surface area contributed by atoms with Gasteiger partial charge in [0.1, 0.15) is 6.61 Å². The Balaban J connectivity index is 1.74. The Bertz CT molecular complexity index is 1080. The minimum Gasteiger partial charge on any atom is -0.474 e. The molecule has 2 aromatic rings. The van der Waals surface area contributed by atoms with Crippen molar-refractivity contribution in [1.29, 1.82) is 0 Å². The third kappa shape index (κ3) is 4.88. The number of aliphatic imine (C=N–C) groups is 1. The average Bonchev–Trinajstić information content (AvgIpc) is 3.06. The fourth-order valence-electron chi connectivity index (χ4n) is 3.16. The maximum Gasteiger partial charge on any atom is 0.368 e. The first-order chi connectivity index (χ1) is 14.4. The molecule has 0 bridgehead atoms. The maximum absolute atomic E-state index is 12.3. The highest BCUT2D eigenvalue weighted by atomic mass is 35.5. The Kier molecular flexibility index (Phi) is 6.89. The molecule has 0 saturated heterocycles. The van der Waals surface area contributed by atoms with E-state index in [0.717, 1.165) is 22.6 Å². The SMILES string of the molecule is CCc1cccc(-n2nnn(C)c2=O)c1COC(N)=CC=NC1C=CC(Cl)=CC1C. The fourth-order valence-corrected chi connectivity index (χ4v) is 3.43. The number of aryl methyl sites for hydroxylation is 2. The molecule has 0 radical (unpaired) electrons. The number of nitrogens with zero attached hydrogens (tertiary/aromatic N) is 5. The summed E-state index contributed by atoms with van der Waals surface area (Å²) in [6.07, 6.45) is 9.78. The summed E-state index contributed by atoms with van der Waals surface area (Å²) in [7, 11) is 1.55. The molecule has 9 heteroatoms. The molecule has 0 fully saturated rings. The molecule has 0 saturated carbocycles. The van der Waals surface area contributed by atoms with Crippen molar-refractivity contribution in [3.05, 3.63) is 75.0 Å². The number of tetrazole rings is 1. The zero-order chi connectivity index (χ0) is 21.7. The quantitative estimate of drug-likeness (QED) is 0.539. The van der Waals surface area contributed by atoms with Gasteiger partial charge in [0.25, 0.3) is 0 Å². The molecule has 1 aromatic heterocycles. The van der Waals surface area contributed by atoms with E-state index in [1.807, 2.05) is 43.4 Å². The van der Waals surface area contributed by atoms with Crippen LogP contribution in [0.5, 0.6) is 0 Å². The van der Waals surface area contributed by atoms with Crippen molar-refractivity contribution in [1.82, 2.24) is 19.8 Å². The molecule has 3 rings (SSSR count). The molecular weight excluding hydrogens is 404 g/mol. The van der Waals surface area contributed by atoms with Crippen molar-refractivity contribution < 1.29 is 4.74 Å². The van der Waals surface area contributed by atoms with Gasteiger partial charge in [0.2, 0.25) is 0 Å². The molecule has 2 unspecified atom stereocenters. The minimum atomic E-state index is -0.330. The smallest absolute Gasteiger partial charge is 0.368 e. The van der Waals surface area contributed by atoms with Crippen molar-refractivity contribution in [2.75, 3.05) is 0 Å². The third-order valence-electron chi connectivity index (χ3n) is 4.87. The molecular formula is C21H25ClN6O2. The first kappa shape index (κ1) is 21.6. The molecule has 30 heavy (non-hydrogen) atoms. The van der Waals surface area contributed by atoms with Gasteiger partial charge in [-0.05, 0) is 34.6 Å². The monoisotopic (exact) mass is 428 g/mol. The lowest BCUT2D eigenvalue weighted by atomic mass is 9.98. The van der Waals surface area contributed by atoms with E-state index in [9.17, 15) is 4.79 Å². The highest BCUT2D eigenvalue weighted by Crippen LogP contribution is 2.22. The molecule has 1 aliphatic carbocycles. The Morgan fingerprint density at radius 2 is 2.20 bits per heavy atom. The van der Waals surface area contributed by atoms with E-state index in [-0.39, 0.29) is 30.1 Å². The summed E-state index contributed by atoms with van der Waals surface area (Å²) in [6, 6.07) is 5.68. The zero-order valence-corrected chi connectivity index (χ0v) is 18.0. The Labute approximate surface area is 180 Å². The van der Waals surface area contributed by atoms with Gasteiger partial charge in [-0.2, -0.15) is 9.36 Å². The maximum atomic E-state index is 12.3. The number of ether oxygens (including phenoxy) is 1. The van der Waals surface area contributed by atoms with Crippen LogP contribution in [0.1, 0.15) is 25.0 Å². The topological polar surface area (TPSA) is 100 Å². The predicted octanol–water partition coefficient (Wildman–Crippen LogP) is 2.61. The fraction of sp³-hybridized carbons (Fsp3) is 0.333. The van der Waals surface area contributed by atoms with Crippen LogP contribution in [0, 0.1) is 5.92 Å². The number of aromatic nitrogens is 4. The Morgan fingerprint density at radius 3 is 2.87 bits per heavy atom. The minimum absolute atomic E-state index is 0.00694. The van der Waals surface area contributed by atoms with Gasteiger partial charge in [-0.3, -0.25) is 4.99 Å². The summed E-state index contributed by atoms with van der Waals surface area (Å²) >= 11 is 5.99. The Morgan fingerprint density at radius 1 is 1.40 bits per heavy atom. The second kappa shape index (κ2) is 9.58. The lowest BCUT2D eigenvalue weighted by molar-refractivity contribution is 0.195. The average molecular weight is 429 g/mol. The summed E-state index contributed by atoms with van der Waals surface area (Å²) in [4.78, 5) is 16.8. The number of hydrogen-bond acceptors (Lipinski definition) is 6.